The molecule has 6 heteroatoms. The van der Waals surface area contributed by atoms with Crippen molar-refractivity contribution in [3.63, 3.8) is 0 Å². The summed E-state index contributed by atoms with van der Waals surface area (Å²) in [4.78, 5) is 11.4. The zero-order valence-electron chi connectivity index (χ0n) is 14.5. The van der Waals surface area contributed by atoms with Crippen LogP contribution in [-0.2, 0) is 14.6 Å². The van der Waals surface area contributed by atoms with E-state index in [1.165, 1.54) is 0 Å². The lowest BCUT2D eigenvalue weighted by Crippen LogP contribution is -2.24. The highest BCUT2D eigenvalue weighted by Crippen LogP contribution is 2.34. The lowest BCUT2D eigenvalue weighted by molar-refractivity contribution is -0.118. The van der Waals surface area contributed by atoms with Crippen molar-refractivity contribution in [2.75, 3.05) is 0 Å². The Kier molecular flexibility index (Phi) is 5.18. The van der Waals surface area contributed by atoms with E-state index in [9.17, 15) is 13.2 Å². The number of nitrogens with two attached hydrogens (primary N) is 1. The number of primary amides is 1. The van der Waals surface area contributed by atoms with Gasteiger partial charge in [-0.1, -0.05) is 26.2 Å². The molecular formula is C19H25NO4S. The fourth-order valence-corrected chi connectivity index (χ4v) is 5.55. The summed E-state index contributed by atoms with van der Waals surface area (Å²) in [5.41, 5.74) is 6.83. The van der Waals surface area contributed by atoms with Gasteiger partial charge in [0.25, 0.3) is 0 Å². The molecule has 5 nitrogen and oxygen atoms in total. The number of amides is 1. The van der Waals surface area contributed by atoms with Gasteiger partial charge in [-0.3, -0.25) is 4.79 Å². The Morgan fingerprint density at radius 2 is 2.00 bits per heavy atom. The first-order chi connectivity index (χ1) is 11.9. The SMILES string of the molecule is CC(CCC(N)=O)c1coc2ccc(S(=O)(=O)C3CCCCC3)cc12. The van der Waals surface area contributed by atoms with Crippen LogP contribution in [0.1, 0.15) is 63.4 Å². The lowest BCUT2D eigenvalue weighted by Gasteiger charge is -2.21. The van der Waals surface area contributed by atoms with Crippen molar-refractivity contribution in [2.45, 2.75) is 67.9 Å². The minimum Gasteiger partial charge on any atom is -0.464 e. The monoisotopic (exact) mass is 363 g/mol. The second-order valence-corrected chi connectivity index (χ2v) is 9.29. The van der Waals surface area contributed by atoms with E-state index in [1.54, 1.807) is 24.5 Å². The second kappa shape index (κ2) is 7.20. The first-order valence-electron chi connectivity index (χ1n) is 8.93. The summed E-state index contributed by atoms with van der Waals surface area (Å²) in [6, 6.07) is 5.11. The molecule has 0 saturated heterocycles. The van der Waals surface area contributed by atoms with Crippen LogP contribution in [-0.4, -0.2) is 19.6 Å². The van der Waals surface area contributed by atoms with Gasteiger partial charge in [-0.25, -0.2) is 8.42 Å². The molecule has 0 spiro atoms. The number of hydrogen-bond donors (Lipinski definition) is 1. The van der Waals surface area contributed by atoms with Crippen molar-refractivity contribution in [1.29, 1.82) is 0 Å². The van der Waals surface area contributed by atoms with Gasteiger partial charge in [0.1, 0.15) is 5.58 Å². The van der Waals surface area contributed by atoms with Crippen LogP contribution in [0.25, 0.3) is 11.0 Å². The van der Waals surface area contributed by atoms with Crippen LogP contribution >= 0.6 is 0 Å². The molecule has 1 saturated carbocycles. The number of furan rings is 1. The van der Waals surface area contributed by atoms with Gasteiger partial charge in [0.05, 0.1) is 16.4 Å². The second-order valence-electron chi connectivity index (χ2n) is 7.06. The largest absolute Gasteiger partial charge is 0.464 e. The quantitative estimate of drug-likeness (QED) is 0.842. The molecule has 0 aliphatic heterocycles. The molecule has 3 rings (SSSR count). The van der Waals surface area contributed by atoms with Crippen molar-refractivity contribution in [2.24, 2.45) is 5.73 Å². The Morgan fingerprint density at radius 1 is 1.28 bits per heavy atom. The number of benzene rings is 1. The summed E-state index contributed by atoms with van der Waals surface area (Å²) in [5.74, 6) is -0.262. The van der Waals surface area contributed by atoms with Crippen LogP contribution in [0.4, 0.5) is 0 Å². The normalized spacial score (nSPS) is 17.6. The molecule has 1 aromatic heterocycles. The number of carbonyl (C=O) groups excluding carboxylic acids is 1. The van der Waals surface area contributed by atoms with Crippen molar-refractivity contribution in [3.8, 4) is 0 Å². The molecule has 0 radical (unpaired) electrons. The summed E-state index contributed by atoms with van der Waals surface area (Å²) in [7, 11) is -3.32. The van der Waals surface area contributed by atoms with Crippen LogP contribution in [0.15, 0.2) is 33.8 Å². The van der Waals surface area contributed by atoms with Gasteiger partial charge in [0, 0.05) is 17.4 Å². The van der Waals surface area contributed by atoms with Gasteiger partial charge in [0.2, 0.25) is 5.91 Å². The first kappa shape index (κ1) is 18.0. The molecule has 136 valence electrons. The Labute approximate surface area is 148 Å². The summed E-state index contributed by atoms with van der Waals surface area (Å²) >= 11 is 0. The number of sulfone groups is 1. The van der Waals surface area contributed by atoms with Gasteiger partial charge in [-0.15, -0.1) is 0 Å². The highest BCUT2D eigenvalue weighted by Gasteiger charge is 2.29. The van der Waals surface area contributed by atoms with E-state index >= 15 is 0 Å². The van der Waals surface area contributed by atoms with E-state index in [0.29, 0.717) is 23.3 Å². The minimum absolute atomic E-state index is 0.0707. The third kappa shape index (κ3) is 3.73. The molecule has 1 fully saturated rings. The predicted molar refractivity (Wildman–Crippen MR) is 97.1 cm³/mol. The molecule has 1 unspecified atom stereocenters. The molecule has 1 aromatic carbocycles. The number of rotatable bonds is 6. The highest BCUT2D eigenvalue weighted by molar-refractivity contribution is 7.92. The summed E-state index contributed by atoms with van der Waals surface area (Å²) in [6.45, 7) is 2.00. The van der Waals surface area contributed by atoms with Crippen molar-refractivity contribution >= 4 is 26.7 Å². The zero-order chi connectivity index (χ0) is 18.0. The van der Waals surface area contributed by atoms with Gasteiger partial charge < -0.3 is 10.2 Å². The molecule has 1 aliphatic carbocycles. The van der Waals surface area contributed by atoms with Crippen LogP contribution in [0.5, 0.6) is 0 Å². The number of carbonyl (C=O) groups is 1. The van der Waals surface area contributed by atoms with E-state index in [4.69, 9.17) is 10.2 Å². The Hall–Kier alpha value is -1.82. The third-order valence-electron chi connectivity index (χ3n) is 5.25. The van der Waals surface area contributed by atoms with Gasteiger partial charge in [-0.05, 0) is 43.4 Å². The van der Waals surface area contributed by atoms with Gasteiger partial charge in [-0.2, -0.15) is 0 Å². The molecule has 0 bridgehead atoms. The summed E-state index contributed by atoms with van der Waals surface area (Å²) < 4.78 is 31.5. The maximum absolute atomic E-state index is 13.0. The topological polar surface area (TPSA) is 90.4 Å². The fraction of sp³-hybridized carbons (Fsp3) is 0.526. The van der Waals surface area contributed by atoms with Crippen molar-refractivity contribution in [3.05, 3.63) is 30.0 Å². The molecule has 1 aliphatic rings. The Morgan fingerprint density at radius 3 is 2.68 bits per heavy atom. The smallest absolute Gasteiger partial charge is 0.217 e. The van der Waals surface area contributed by atoms with E-state index < -0.39 is 9.84 Å². The van der Waals surface area contributed by atoms with E-state index in [-0.39, 0.29) is 17.1 Å². The van der Waals surface area contributed by atoms with E-state index in [2.05, 4.69) is 0 Å². The Bertz CT molecular complexity index is 863. The molecule has 1 heterocycles. The molecular weight excluding hydrogens is 338 g/mol. The average molecular weight is 363 g/mol. The lowest BCUT2D eigenvalue weighted by atomic mass is 9.96. The van der Waals surface area contributed by atoms with E-state index in [0.717, 1.165) is 43.1 Å². The fourth-order valence-electron chi connectivity index (χ4n) is 3.67. The molecule has 2 N–H and O–H groups in total. The predicted octanol–water partition coefficient (Wildman–Crippen LogP) is 3.91. The van der Waals surface area contributed by atoms with E-state index in [1.807, 2.05) is 6.92 Å². The van der Waals surface area contributed by atoms with Crippen molar-refractivity contribution < 1.29 is 17.6 Å². The zero-order valence-corrected chi connectivity index (χ0v) is 15.3. The summed E-state index contributed by atoms with van der Waals surface area (Å²) in [6.07, 6.45) is 7.14. The van der Waals surface area contributed by atoms with Crippen LogP contribution < -0.4 is 5.73 Å². The molecule has 1 atom stereocenters. The maximum atomic E-state index is 13.0. The standard InChI is InChI=1S/C19H25NO4S/c1-13(7-10-19(20)21)17-12-24-18-9-8-15(11-16(17)18)25(22,23)14-5-3-2-4-6-14/h8-9,11-14H,2-7,10H2,1H3,(H2,20,21). The minimum atomic E-state index is -3.32. The number of fused-ring (bicyclic) bond motifs is 1. The summed E-state index contributed by atoms with van der Waals surface area (Å²) in [5, 5.41) is 0.537. The van der Waals surface area contributed by atoms with Gasteiger partial charge >= 0.3 is 0 Å². The molecule has 25 heavy (non-hydrogen) atoms. The van der Waals surface area contributed by atoms with Crippen LogP contribution in [0.2, 0.25) is 0 Å². The average Bonchev–Trinajstić information content (AvgIpc) is 3.03. The van der Waals surface area contributed by atoms with Crippen LogP contribution in [0.3, 0.4) is 0 Å². The van der Waals surface area contributed by atoms with Crippen molar-refractivity contribution in [1.82, 2.24) is 0 Å². The first-order valence-corrected chi connectivity index (χ1v) is 10.5. The molecule has 1 amide bonds. The highest BCUT2D eigenvalue weighted by atomic mass is 32.2. The number of hydrogen-bond acceptors (Lipinski definition) is 4. The van der Waals surface area contributed by atoms with Gasteiger partial charge in [0.15, 0.2) is 9.84 Å². The Balaban J connectivity index is 1.93. The third-order valence-corrected chi connectivity index (χ3v) is 7.51. The van der Waals surface area contributed by atoms with Crippen LogP contribution in [0, 0.1) is 0 Å². The maximum Gasteiger partial charge on any atom is 0.217 e. The molecule has 2 aromatic rings.